The molecule has 0 spiro atoms. The van der Waals surface area contributed by atoms with E-state index in [1.54, 1.807) is 4.57 Å². The Hall–Kier alpha value is -0.920. The monoisotopic (exact) mass is 261 g/mol. The Morgan fingerprint density at radius 1 is 1.53 bits per heavy atom. The lowest BCUT2D eigenvalue weighted by molar-refractivity contribution is 0.227. The number of nitrogens with one attached hydrogen (secondary N) is 1. The molecule has 1 heterocycles. The Labute approximate surface area is 102 Å². The Kier molecular flexibility index (Phi) is 4.67. The van der Waals surface area contributed by atoms with Crippen LogP contribution >= 0.6 is 0 Å². The third-order valence-corrected chi connectivity index (χ3v) is 3.93. The third-order valence-electron chi connectivity index (χ3n) is 2.56. The maximum Gasteiger partial charge on any atom is 0.259 e. The van der Waals surface area contributed by atoms with Crippen molar-refractivity contribution in [3.8, 4) is 0 Å². The normalized spacial score (nSPS) is 14.2. The SMILES string of the molecule is CCn1cnc(S(=O)(=O)NC(CO)C(C)C)c1. The number of rotatable bonds is 6. The molecular formula is C10H19N3O3S. The highest BCUT2D eigenvalue weighted by molar-refractivity contribution is 7.89. The topological polar surface area (TPSA) is 84.2 Å². The van der Waals surface area contributed by atoms with E-state index in [-0.39, 0.29) is 17.6 Å². The number of hydrogen-bond donors (Lipinski definition) is 2. The fourth-order valence-corrected chi connectivity index (χ4v) is 2.62. The van der Waals surface area contributed by atoms with Crippen molar-refractivity contribution >= 4 is 10.0 Å². The van der Waals surface area contributed by atoms with Gasteiger partial charge in [-0.05, 0) is 12.8 Å². The Balaban J connectivity index is 2.88. The van der Waals surface area contributed by atoms with Crippen LogP contribution in [0.4, 0.5) is 0 Å². The van der Waals surface area contributed by atoms with Crippen LogP contribution in [0.5, 0.6) is 0 Å². The first-order valence-corrected chi connectivity index (χ1v) is 7.04. The molecule has 17 heavy (non-hydrogen) atoms. The minimum atomic E-state index is -3.65. The molecule has 0 radical (unpaired) electrons. The van der Waals surface area contributed by atoms with Crippen LogP contribution in [0.3, 0.4) is 0 Å². The first-order chi connectivity index (χ1) is 7.90. The van der Waals surface area contributed by atoms with Crippen molar-refractivity contribution in [2.24, 2.45) is 5.92 Å². The van der Waals surface area contributed by atoms with Crippen molar-refractivity contribution in [2.75, 3.05) is 6.61 Å². The van der Waals surface area contributed by atoms with Crippen molar-refractivity contribution in [2.45, 2.75) is 38.4 Å². The summed E-state index contributed by atoms with van der Waals surface area (Å²) in [6.45, 7) is 6.01. The zero-order chi connectivity index (χ0) is 13.1. The predicted molar refractivity (Wildman–Crippen MR) is 63.9 cm³/mol. The molecule has 0 bridgehead atoms. The lowest BCUT2D eigenvalue weighted by atomic mass is 10.1. The maximum absolute atomic E-state index is 11.9. The summed E-state index contributed by atoms with van der Waals surface area (Å²) in [5.74, 6) is 0.0167. The number of aromatic nitrogens is 2. The molecule has 1 rings (SSSR count). The largest absolute Gasteiger partial charge is 0.395 e. The minimum absolute atomic E-state index is 0.0153. The van der Waals surface area contributed by atoms with Crippen LogP contribution in [0.2, 0.25) is 0 Å². The summed E-state index contributed by atoms with van der Waals surface area (Å²) in [5.41, 5.74) is 0. The fraction of sp³-hybridized carbons (Fsp3) is 0.700. The van der Waals surface area contributed by atoms with Crippen LogP contribution in [0.1, 0.15) is 20.8 Å². The zero-order valence-electron chi connectivity index (χ0n) is 10.3. The predicted octanol–water partition coefficient (Wildman–Crippen LogP) is 0.198. The molecule has 0 aliphatic heterocycles. The Morgan fingerprint density at radius 3 is 2.59 bits per heavy atom. The smallest absolute Gasteiger partial charge is 0.259 e. The van der Waals surface area contributed by atoms with Crippen LogP contribution in [0.25, 0.3) is 0 Å². The van der Waals surface area contributed by atoms with E-state index in [1.807, 2.05) is 20.8 Å². The van der Waals surface area contributed by atoms with Gasteiger partial charge in [0.25, 0.3) is 10.0 Å². The minimum Gasteiger partial charge on any atom is -0.395 e. The highest BCUT2D eigenvalue weighted by Crippen LogP contribution is 2.09. The van der Waals surface area contributed by atoms with Crippen molar-refractivity contribution in [3.05, 3.63) is 12.5 Å². The molecule has 0 aliphatic rings. The van der Waals surface area contributed by atoms with Crippen LogP contribution in [0, 0.1) is 5.92 Å². The standard InChI is InChI=1S/C10H19N3O3S/c1-4-13-5-10(11-7-13)17(15,16)12-9(6-14)8(2)3/h5,7-9,12,14H,4,6H2,1-3H3. The maximum atomic E-state index is 11.9. The van der Waals surface area contributed by atoms with Crippen LogP contribution in [0.15, 0.2) is 17.6 Å². The first kappa shape index (κ1) is 14.1. The highest BCUT2D eigenvalue weighted by Gasteiger charge is 2.23. The van der Waals surface area contributed by atoms with Crippen molar-refractivity contribution in [1.29, 1.82) is 0 Å². The summed E-state index contributed by atoms with van der Waals surface area (Å²) in [4.78, 5) is 3.84. The van der Waals surface area contributed by atoms with Gasteiger partial charge in [-0.2, -0.15) is 0 Å². The van der Waals surface area contributed by atoms with E-state index in [9.17, 15) is 8.42 Å². The lowest BCUT2D eigenvalue weighted by Crippen LogP contribution is -2.41. The second-order valence-corrected chi connectivity index (χ2v) is 5.86. The van der Waals surface area contributed by atoms with Gasteiger partial charge in [0.1, 0.15) is 0 Å². The van der Waals surface area contributed by atoms with E-state index in [0.717, 1.165) is 0 Å². The number of hydrogen-bond acceptors (Lipinski definition) is 4. The van der Waals surface area contributed by atoms with Gasteiger partial charge in [-0.3, -0.25) is 0 Å². The summed E-state index contributed by atoms with van der Waals surface area (Å²) in [7, 11) is -3.65. The van der Waals surface area contributed by atoms with Gasteiger partial charge in [0.15, 0.2) is 5.03 Å². The van der Waals surface area contributed by atoms with Gasteiger partial charge in [0.2, 0.25) is 0 Å². The van der Waals surface area contributed by atoms with Crippen LogP contribution < -0.4 is 4.72 Å². The van der Waals surface area contributed by atoms with Crippen LogP contribution in [-0.2, 0) is 16.6 Å². The van der Waals surface area contributed by atoms with Crippen molar-refractivity contribution in [1.82, 2.24) is 14.3 Å². The van der Waals surface area contributed by atoms with E-state index in [2.05, 4.69) is 9.71 Å². The van der Waals surface area contributed by atoms with E-state index < -0.39 is 16.1 Å². The van der Waals surface area contributed by atoms with Crippen LogP contribution in [-0.4, -0.2) is 35.7 Å². The second-order valence-electron chi connectivity index (χ2n) is 4.20. The molecule has 1 unspecified atom stereocenters. The third kappa shape index (κ3) is 3.52. The van der Waals surface area contributed by atoms with E-state index in [0.29, 0.717) is 6.54 Å². The van der Waals surface area contributed by atoms with Gasteiger partial charge in [0, 0.05) is 18.8 Å². The highest BCUT2D eigenvalue weighted by atomic mass is 32.2. The molecule has 0 aromatic carbocycles. The quantitative estimate of drug-likeness (QED) is 0.766. The zero-order valence-corrected chi connectivity index (χ0v) is 11.1. The molecule has 0 amide bonds. The number of aliphatic hydroxyl groups excluding tert-OH is 1. The summed E-state index contributed by atoms with van der Waals surface area (Å²) >= 11 is 0. The summed E-state index contributed by atoms with van der Waals surface area (Å²) < 4.78 is 28.0. The molecule has 1 aromatic rings. The average Bonchev–Trinajstić information content (AvgIpc) is 2.74. The van der Waals surface area contributed by atoms with Gasteiger partial charge in [-0.15, -0.1) is 0 Å². The molecule has 6 nitrogen and oxygen atoms in total. The number of aryl methyl sites for hydroxylation is 1. The van der Waals surface area contributed by atoms with Gasteiger partial charge in [0.05, 0.1) is 12.9 Å². The summed E-state index contributed by atoms with van der Waals surface area (Å²) in [5, 5.41) is 9.09. The van der Waals surface area contributed by atoms with E-state index >= 15 is 0 Å². The van der Waals surface area contributed by atoms with Gasteiger partial charge in [-0.25, -0.2) is 18.1 Å². The number of imidazole rings is 1. The van der Waals surface area contributed by atoms with E-state index in [4.69, 9.17) is 5.11 Å². The van der Waals surface area contributed by atoms with Gasteiger partial charge in [-0.1, -0.05) is 13.8 Å². The molecule has 98 valence electrons. The second kappa shape index (κ2) is 5.61. The summed E-state index contributed by atoms with van der Waals surface area (Å²) in [6.07, 6.45) is 2.94. The molecule has 1 atom stereocenters. The molecule has 2 N–H and O–H groups in total. The Morgan fingerprint density at radius 2 is 2.18 bits per heavy atom. The number of nitrogens with zero attached hydrogens (tertiary/aromatic N) is 2. The molecule has 0 fully saturated rings. The lowest BCUT2D eigenvalue weighted by Gasteiger charge is -2.18. The molecule has 7 heteroatoms. The number of aliphatic hydroxyl groups is 1. The fourth-order valence-electron chi connectivity index (χ4n) is 1.30. The van der Waals surface area contributed by atoms with E-state index in [1.165, 1.54) is 12.5 Å². The molecule has 0 saturated carbocycles. The summed E-state index contributed by atoms with van der Waals surface area (Å²) in [6, 6.07) is -0.494. The molecule has 1 aromatic heterocycles. The van der Waals surface area contributed by atoms with Crippen molar-refractivity contribution < 1.29 is 13.5 Å². The molecule has 0 aliphatic carbocycles. The van der Waals surface area contributed by atoms with Gasteiger partial charge >= 0.3 is 0 Å². The molecular weight excluding hydrogens is 242 g/mol. The number of sulfonamides is 1. The molecule has 0 saturated heterocycles. The van der Waals surface area contributed by atoms with Crippen molar-refractivity contribution in [3.63, 3.8) is 0 Å². The first-order valence-electron chi connectivity index (χ1n) is 5.55. The Bertz CT molecular complexity index is 453. The average molecular weight is 261 g/mol. The van der Waals surface area contributed by atoms with Gasteiger partial charge < -0.3 is 9.67 Å².